The normalized spacial score (nSPS) is 17.0. The van der Waals surface area contributed by atoms with Crippen molar-refractivity contribution in [2.24, 2.45) is 0 Å². The van der Waals surface area contributed by atoms with E-state index in [0.29, 0.717) is 0 Å². The number of hydrogen-bond donors (Lipinski definition) is 2. The molecule has 0 radical (unpaired) electrons. The summed E-state index contributed by atoms with van der Waals surface area (Å²) in [6.45, 7) is 3.42. The van der Waals surface area contributed by atoms with E-state index in [0.717, 1.165) is 43.8 Å². The minimum atomic E-state index is -3.63. The van der Waals surface area contributed by atoms with Crippen LogP contribution in [0.25, 0.3) is 0 Å². The first kappa shape index (κ1) is 19.4. The van der Waals surface area contributed by atoms with E-state index in [9.17, 15) is 18.0 Å². The molecule has 0 aromatic heterocycles. The minimum absolute atomic E-state index is 0.0547. The molecule has 1 heterocycles. The SMILES string of the molecule is CS(=O)(=O)c1cccc2c1C(=O)C=C(Nc1ccccc1N1CCNCC1)C2=O. The van der Waals surface area contributed by atoms with Gasteiger partial charge in [-0.05, 0) is 18.2 Å². The quantitative estimate of drug-likeness (QED) is 0.793. The lowest BCUT2D eigenvalue weighted by atomic mass is 9.92. The van der Waals surface area contributed by atoms with Crippen molar-refractivity contribution in [1.29, 1.82) is 0 Å². The number of allylic oxidation sites excluding steroid dienone is 2. The van der Waals surface area contributed by atoms with E-state index < -0.39 is 21.4 Å². The van der Waals surface area contributed by atoms with Crippen LogP contribution in [0.4, 0.5) is 11.4 Å². The van der Waals surface area contributed by atoms with E-state index in [1.165, 1.54) is 24.3 Å². The zero-order chi connectivity index (χ0) is 20.6. The van der Waals surface area contributed by atoms with Gasteiger partial charge in [-0.15, -0.1) is 0 Å². The van der Waals surface area contributed by atoms with Gasteiger partial charge in [0.1, 0.15) is 0 Å². The molecule has 0 amide bonds. The second kappa shape index (κ2) is 7.46. The third kappa shape index (κ3) is 3.68. The van der Waals surface area contributed by atoms with Crippen molar-refractivity contribution >= 4 is 32.8 Å². The van der Waals surface area contributed by atoms with Gasteiger partial charge in [0.15, 0.2) is 15.6 Å². The number of para-hydroxylation sites is 2. The first-order chi connectivity index (χ1) is 13.9. The number of carbonyl (C=O) groups is 2. The predicted molar refractivity (Wildman–Crippen MR) is 111 cm³/mol. The minimum Gasteiger partial charge on any atom is -0.367 e. The molecule has 0 saturated carbocycles. The summed E-state index contributed by atoms with van der Waals surface area (Å²) in [6, 6.07) is 11.9. The van der Waals surface area contributed by atoms with Crippen LogP contribution in [-0.2, 0) is 9.84 Å². The Morgan fingerprint density at radius 3 is 2.45 bits per heavy atom. The van der Waals surface area contributed by atoms with Gasteiger partial charge in [0.05, 0.1) is 27.5 Å². The molecule has 150 valence electrons. The maximum absolute atomic E-state index is 13.0. The predicted octanol–water partition coefficient (Wildman–Crippen LogP) is 1.87. The second-order valence-electron chi connectivity index (χ2n) is 7.08. The molecule has 0 atom stereocenters. The van der Waals surface area contributed by atoms with Gasteiger partial charge in [0, 0.05) is 44.1 Å². The van der Waals surface area contributed by atoms with Crippen LogP contribution < -0.4 is 15.5 Å². The van der Waals surface area contributed by atoms with Crippen LogP contribution in [0.1, 0.15) is 20.7 Å². The summed E-state index contributed by atoms with van der Waals surface area (Å²) in [5.41, 5.74) is 1.86. The maximum atomic E-state index is 13.0. The topological polar surface area (TPSA) is 95.6 Å². The van der Waals surface area contributed by atoms with E-state index in [4.69, 9.17) is 0 Å². The number of nitrogens with zero attached hydrogens (tertiary/aromatic N) is 1. The molecule has 7 nitrogen and oxygen atoms in total. The highest BCUT2D eigenvalue weighted by atomic mass is 32.2. The summed E-state index contributed by atoms with van der Waals surface area (Å²) >= 11 is 0. The van der Waals surface area contributed by atoms with Crippen molar-refractivity contribution in [3.63, 3.8) is 0 Å². The number of nitrogens with one attached hydrogen (secondary N) is 2. The Balaban J connectivity index is 1.70. The van der Waals surface area contributed by atoms with E-state index >= 15 is 0 Å². The van der Waals surface area contributed by atoms with Crippen molar-refractivity contribution in [3.8, 4) is 0 Å². The molecule has 1 saturated heterocycles. The van der Waals surface area contributed by atoms with Crippen LogP contribution in [0.15, 0.2) is 59.1 Å². The zero-order valence-electron chi connectivity index (χ0n) is 15.9. The Kier molecular flexibility index (Phi) is 4.97. The fourth-order valence-corrected chi connectivity index (χ4v) is 4.60. The number of benzene rings is 2. The summed E-state index contributed by atoms with van der Waals surface area (Å²) in [4.78, 5) is 27.9. The third-order valence-corrected chi connectivity index (χ3v) is 6.21. The average molecular weight is 411 g/mol. The average Bonchev–Trinajstić information content (AvgIpc) is 2.72. The second-order valence-corrected chi connectivity index (χ2v) is 9.07. The molecule has 4 rings (SSSR count). The number of Topliss-reactive ketones (excluding diaryl/α,β-unsaturated/α-hetero) is 1. The summed E-state index contributed by atoms with van der Waals surface area (Å²) in [5, 5.41) is 6.41. The Labute approximate surface area is 169 Å². The van der Waals surface area contributed by atoms with E-state index in [-0.39, 0.29) is 21.7 Å². The largest absolute Gasteiger partial charge is 0.367 e. The van der Waals surface area contributed by atoms with Crippen molar-refractivity contribution in [2.45, 2.75) is 4.90 Å². The molecule has 1 fully saturated rings. The molecule has 0 bridgehead atoms. The molecular formula is C21H21N3O4S. The standard InChI is InChI=1S/C21H21N3O4S/c1-29(27,28)19-8-4-5-14-20(19)18(25)13-16(21(14)26)23-15-6-2-3-7-17(15)24-11-9-22-10-12-24/h2-8,13,22-23H,9-12H2,1H3. The number of piperazine rings is 1. The zero-order valence-corrected chi connectivity index (χ0v) is 16.8. The van der Waals surface area contributed by atoms with Crippen LogP contribution in [0.3, 0.4) is 0 Å². The molecular weight excluding hydrogens is 390 g/mol. The number of fused-ring (bicyclic) bond motifs is 1. The van der Waals surface area contributed by atoms with Crippen molar-refractivity contribution in [1.82, 2.24) is 5.32 Å². The Morgan fingerprint density at radius 2 is 1.72 bits per heavy atom. The molecule has 2 aliphatic rings. The lowest BCUT2D eigenvalue weighted by Gasteiger charge is -2.31. The van der Waals surface area contributed by atoms with Crippen molar-refractivity contribution in [3.05, 3.63) is 65.4 Å². The number of anilines is 2. The molecule has 0 unspecified atom stereocenters. The summed E-state index contributed by atoms with van der Waals surface area (Å²) in [5.74, 6) is -0.900. The van der Waals surface area contributed by atoms with Crippen molar-refractivity contribution < 1.29 is 18.0 Å². The number of hydrogen-bond acceptors (Lipinski definition) is 7. The van der Waals surface area contributed by atoms with Gasteiger partial charge in [0.2, 0.25) is 5.78 Å². The van der Waals surface area contributed by atoms with Gasteiger partial charge < -0.3 is 15.5 Å². The van der Waals surface area contributed by atoms with Gasteiger partial charge >= 0.3 is 0 Å². The highest BCUT2D eigenvalue weighted by Gasteiger charge is 2.31. The summed E-state index contributed by atoms with van der Waals surface area (Å²) in [6.07, 6.45) is 2.22. The van der Waals surface area contributed by atoms with Crippen LogP contribution in [-0.4, -0.2) is 52.4 Å². The van der Waals surface area contributed by atoms with Gasteiger partial charge in [-0.1, -0.05) is 24.3 Å². The lowest BCUT2D eigenvalue weighted by molar-refractivity contribution is 0.0983. The van der Waals surface area contributed by atoms with E-state index in [1.807, 2.05) is 24.3 Å². The molecule has 1 aliphatic heterocycles. The van der Waals surface area contributed by atoms with Gasteiger partial charge in [-0.25, -0.2) is 8.42 Å². The summed E-state index contributed by atoms with van der Waals surface area (Å²) < 4.78 is 24.1. The fourth-order valence-electron chi connectivity index (χ4n) is 3.70. The summed E-state index contributed by atoms with van der Waals surface area (Å²) in [7, 11) is -3.63. The van der Waals surface area contributed by atoms with Crippen LogP contribution >= 0.6 is 0 Å². The van der Waals surface area contributed by atoms with Crippen LogP contribution in [0.2, 0.25) is 0 Å². The smallest absolute Gasteiger partial charge is 0.210 e. The van der Waals surface area contributed by atoms with Crippen LogP contribution in [0, 0.1) is 0 Å². The van der Waals surface area contributed by atoms with Crippen molar-refractivity contribution in [2.75, 3.05) is 42.7 Å². The highest BCUT2D eigenvalue weighted by Crippen LogP contribution is 2.31. The number of sulfone groups is 1. The first-order valence-electron chi connectivity index (χ1n) is 9.32. The molecule has 2 N–H and O–H groups in total. The number of rotatable bonds is 4. The molecule has 2 aromatic rings. The Hall–Kier alpha value is -2.97. The number of ketones is 2. The molecule has 8 heteroatoms. The van der Waals surface area contributed by atoms with E-state index in [1.54, 1.807) is 0 Å². The monoisotopic (exact) mass is 411 g/mol. The molecule has 29 heavy (non-hydrogen) atoms. The van der Waals surface area contributed by atoms with Gasteiger partial charge in [0.25, 0.3) is 0 Å². The lowest BCUT2D eigenvalue weighted by Crippen LogP contribution is -2.43. The molecule has 0 spiro atoms. The van der Waals surface area contributed by atoms with Gasteiger partial charge in [-0.2, -0.15) is 0 Å². The molecule has 2 aromatic carbocycles. The number of carbonyl (C=O) groups excluding carboxylic acids is 2. The Bertz CT molecular complexity index is 1130. The third-order valence-electron chi connectivity index (χ3n) is 5.07. The fraction of sp³-hybridized carbons (Fsp3) is 0.238. The Morgan fingerprint density at radius 1 is 1.00 bits per heavy atom. The maximum Gasteiger partial charge on any atom is 0.210 e. The van der Waals surface area contributed by atoms with Gasteiger partial charge in [-0.3, -0.25) is 9.59 Å². The van der Waals surface area contributed by atoms with Crippen LogP contribution in [0.5, 0.6) is 0 Å². The van der Waals surface area contributed by atoms with E-state index in [2.05, 4.69) is 15.5 Å². The first-order valence-corrected chi connectivity index (χ1v) is 11.2. The highest BCUT2D eigenvalue weighted by molar-refractivity contribution is 7.90. The molecule has 1 aliphatic carbocycles.